The zero-order chi connectivity index (χ0) is 12.8. The van der Waals surface area contributed by atoms with E-state index in [2.05, 4.69) is 44.1 Å². The number of hydrazine groups is 1. The second kappa shape index (κ2) is 6.30. The highest BCUT2D eigenvalue weighted by Gasteiger charge is 2.18. The monoisotopic (exact) mass is 233 g/mol. The summed E-state index contributed by atoms with van der Waals surface area (Å²) in [6, 6.07) is 0. The van der Waals surface area contributed by atoms with E-state index in [4.69, 9.17) is 5.73 Å². The largest absolute Gasteiger partial charge is 0.400 e. The van der Waals surface area contributed by atoms with Crippen molar-refractivity contribution in [3.05, 3.63) is 47.9 Å². The van der Waals surface area contributed by atoms with Gasteiger partial charge in [0.1, 0.15) is 0 Å². The first-order valence-corrected chi connectivity index (χ1v) is 6.01. The topological polar surface area (TPSA) is 41.3 Å². The van der Waals surface area contributed by atoms with Crippen LogP contribution in [0.3, 0.4) is 0 Å². The van der Waals surface area contributed by atoms with E-state index >= 15 is 0 Å². The van der Waals surface area contributed by atoms with E-state index < -0.39 is 0 Å². The Hall–Kier alpha value is -1.48. The van der Waals surface area contributed by atoms with Crippen molar-refractivity contribution in [2.24, 2.45) is 11.7 Å². The minimum absolute atomic E-state index is 0.191. The number of hydrogen-bond acceptors (Lipinski definition) is 3. The number of allylic oxidation sites excluding steroid dienone is 4. The maximum atomic E-state index is 6.02. The quantitative estimate of drug-likeness (QED) is 0.732. The summed E-state index contributed by atoms with van der Waals surface area (Å²) in [5.41, 5.74) is 12.4. The summed E-state index contributed by atoms with van der Waals surface area (Å²) in [5.74, 6) is 0.191. The second-order valence-electron chi connectivity index (χ2n) is 4.43. The smallest absolute Gasteiger partial charge is 0.0388 e. The minimum Gasteiger partial charge on any atom is -0.400 e. The third-order valence-electron chi connectivity index (χ3n) is 2.77. The zero-order valence-corrected chi connectivity index (χ0v) is 11.0. The van der Waals surface area contributed by atoms with E-state index in [1.54, 1.807) is 0 Å². The van der Waals surface area contributed by atoms with Gasteiger partial charge in [-0.1, -0.05) is 37.3 Å². The van der Waals surface area contributed by atoms with Crippen LogP contribution in [0.25, 0.3) is 0 Å². The van der Waals surface area contributed by atoms with Gasteiger partial charge in [0, 0.05) is 31.4 Å². The van der Waals surface area contributed by atoms with Gasteiger partial charge in [-0.05, 0) is 18.9 Å². The SMILES string of the molecule is C=C(/C=C(C)\C=C/CC)C1CNN(C)C=C1N. The van der Waals surface area contributed by atoms with Crippen molar-refractivity contribution in [1.29, 1.82) is 0 Å². The van der Waals surface area contributed by atoms with Crippen LogP contribution in [0.1, 0.15) is 20.3 Å². The molecule has 3 nitrogen and oxygen atoms in total. The molecule has 0 aromatic rings. The van der Waals surface area contributed by atoms with E-state index in [0.717, 1.165) is 24.2 Å². The maximum Gasteiger partial charge on any atom is 0.0388 e. The van der Waals surface area contributed by atoms with E-state index in [0.29, 0.717) is 0 Å². The third kappa shape index (κ3) is 4.11. The molecule has 1 heterocycles. The molecule has 0 aromatic heterocycles. The molecular formula is C14H23N3. The molecule has 0 bridgehead atoms. The summed E-state index contributed by atoms with van der Waals surface area (Å²) in [6.07, 6.45) is 9.32. The molecule has 17 heavy (non-hydrogen) atoms. The lowest BCUT2D eigenvalue weighted by atomic mass is 9.94. The van der Waals surface area contributed by atoms with Crippen LogP contribution in [-0.2, 0) is 0 Å². The fraction of sp³-hybridized carbons (Fsp3) is 0.429. The van der Waals surface area contributed by atoms with Gasteiger partial charge in [0.2, 0.25) is 0 Å². The standard InChI is InChI=1S/C14H23N3/c1-5-6-7-11(2)8-12(3)13-9-16-17(4)10-14(13)15/h6-8,10,13,16H,3,5,9,15H2,1-2,4H3/b7-6-,11-8-. The molecule has 1 aliphatic heterocycles. The van der Waals surface area contributed by atoms with E-state index in [9.17, 15) is 0 Å². The number of nitrogens with zero attached hydrogens (tertiary/aromatic N) is 1. The van der Waals surface area contributed by atoms with Gasteiger partial charge in [-0.25, -0.2) is 5.43 Å². The van der Waals surface area contributed by atoms with Crippen LogP contribution in [0.4, 0.5) is 0 Å². The Labute approximate surface area is 104 Å². The lowest BCUT2D eigenvalue weighted by Crippen LogP contribution is -2.41. The van der Waals surface area contributed by atoms with Crippen LogP contribution >= 0.6 is 0 Å². The number of nitrogens with one attached hydrogen (secondary N) is 1. The summed E-state index contributed by atoms with van der Waals surface area (Å²) in [6.45, 7) is 9.12. The molecule has 1 aliphatic rings. The van der Waals surface area contributed by atoms with Crippen molar-refractivity contribution in [3.8, 4) is 0 Å². The first-order valence-electron chi connectivity index (χ1n) is 6.01. The molecule has 94 valence electrons. The molecule has 0 fully saturated rings. The summed E-state index contributed by atoms with van der Waals surface area (Å²) in [7, 11) is 1.94. The molecule has 3 N–H and O–H groups in total. The van der Waals surface area contributed by atoms with Gasteiger partial charge in [-0.15, -0.1) is 0 Å². The lowest BCUT2D eigenvalue weighted by Gasteiger charge is -2.29. The maximum absolute atomic E-state index is 6.02. The summed E-state index contributed by atoms with van der Waals surface area (Å²) in [5, 5.41) is 1.88. The highest BCUT2D eigenvalue weighted by atomic mass is 15.5. The number of nitrogens with two attached hydrogens (primary N) is 1. The van der Waals surface area contributed by atoms with Crippen LogP contribution < -0.4 is 11.2 Å². The Balaban J connectivity index is 2.71. The van der Waals surface area contributed by atoms with E-state index in [1.165, 1.54) is 5.57 Å². The van der Waals surface area contributed by atoms with Crippen LogP contribution in [-0.4, -0.2) is 18.6 Å². The van der Waals surface area contributed by atoms with E-state index in [-0.39, 0.29) is 5.92 Å². The number of rotatable bonds is 4. The fourth-order valence-electron chi connectivity index (χ4n) is 1.80. The Morgan fingerprint density at radius 1 is 1.71 bits per heavy atom. The third-order valence-corrected chi connectivity index (χ3v) is 2.77. The zero-order valence-electron chi connectivity index (χ0n) is 11.0. The van der Waals surface area contributed by atoms with Gasteiger partial charge >= 0.3 is 0 Å². The Morgan fingerprint density at radius 2 is 2.41 bits per heavy atom. The Kier molecular flexibility index (Phi) is 5.04. The van der Waals surface area contributed by atoms with E-state index in [1.807, 2.05) is 18.3 Å². The minimum atomic E-state index is 0.191. The molecule has 0 radical (unpaired) electrons. The average Bonchev–Trinajstić information content (AvgIpc) is 2.26. The normalized spacial score (nSPS) is 21.8. The van der Waals surface area contributed by atoms with Gasteiger partial charge in [0.25, 0.3) is 0 Å². The molecule has 1 unspecified atom stereocenters. The Bertz CT molecular complexity index is 364. The predicted molar refractivity (Wildman–Crippen MR) is 73.9 cm³/mol. The number of hydrogen-bond donors (Lipinski definition) is 2. The van der Waals surface area contributed by atoms with Crippen molar-refractivity contribution >= 4 is 0 Å². The van der Waals surface area contributed by atoms with Crippen molar-refractivity contribution < 1.29 is 0 Å². The molecule has 3 heteroatoms. The van der Waals surface area contributed by atoms with Crippen molar-refractivity contribution in [1.82, 2.24) is 10.4 Å². The van der Waals surface area contributed by atoms with Crippen LogP contribution in [0.15, 0.2) is 47.9 Å². The van der Waals surface area contributed by atoms with Gasteiger partial charge in [-0.2, -0.15) is 0 Å². The molecule has 0 saturated heterocycles. The average molecular weight is 233 g/mol. The molecule has 0 spiro atoms. The van der Waals surface area contributed by atoms with Crippen molar-refractivity contribution in [2.45, 2.75) is 20.3 Å². The van der Waals surface area contributed by atoms with Crippen molar-refractivity contribution in [2.75, 3.05) is 13.6 Å². The van der Waals surface area contributed by atoms with Crippen LogP contribution in [0, 0.1) is 5.92 Å². The summed E-state index contributed by atoms with van der Waals surface area (Å²) in [4.78, 5) is 0. The summed E-state index contributed by atoms with van der Waals surface area (Å²) < 4.78 is 0. The van der Waals surface area contributed by atoms with Crippen LogP contribution in [0.2, 0.25) is 0 Å². The van der Waals surface area contributed by atoms with Gasteiger partial charge in [0.15, 0.2) is 0 Å². The summed E-state index contributed by atoms with van der Waals surface area (Å²) >= 11 is 0. The Morgan fingerprint density at radius 3 is 3.00 bits per heavy atom. The highest BCUT2D eigenvalue weighted by molar-refractivity contribution is 5.33. The second-order valence-corrected chi connectivity index (χ2v) is 4.43. The molecular weight excluding hydrogens is 210 g/mol. The molecule has 0 aromatic carbocycles. The first-order chi connectivity index (χ1) is 8.04. The van der Waals surface area contributed by atoms with Crippen molar-refractivity contribution in [3.63, 3.8) is 0 Å². The molecule has 0 amide bonds. The molecule has 1 rings (SSSR count). The highest BCUT2D eigenvalue weighted by Crippen LogP contribution is 2.20. The van der Waals surface area contributed by atoms with Gasteiger partial charge in [0.05, 0.1) is 0 Å². The molecule has 0 aliphatic carbocycles. The van der Waals surface area contributed by atoms with Gasteiger partial charge in [-0.3, -0.25) is 0 Å². The first kappa shape index (κ1) is 13.6. The molecule has 1 atom stereocenters. The lowest BCUT2D eigenvalue weighted by molar-refractivity contribution is 0.286. The van der Waals surface area contributed by atoms with Gasteiger partial charge < -0.3 is 10.7 Å². The fourth-order valence-corrected chi connectivity index (χ4v) is 1.80. The van der Waals surface area contributed by atoms with Crippen LogP contribution in [0.5, 0.6) is 0 Å². The molecule has 0 saturated carbocycles. The predicted octanol–water partition coefficient (Wildman–Crippen LogP) is 2.32.